The summed E-state index contributed by atoms with van der Waals surface area (Å²) < 4.78 is 17.4. The Morgan fingerprint density at radius 1 is 1.57 bits per heavy atom. The lowest BCUT2D eigenvalue weighted by Gasteiger charge is -1.95. The van der Waals surface area contributed by atoms with Gasteiger partial charge in [0, 0.05) is 0 Å². The Morgan fingerprint density at radius 2 is 2.36 bits per heavy atom. The second-order valence-corrected chi connectivity index (χ2v) is 3.24. The molecule has 2 rings (SSSR count). The maximum Gasteiger partial charge on any atom is 0.382 e. The molecule has 0 spiro atoms. The minimum Gasteiger partial charge on any atom is -0.414 e. The summed E-state index contributed by atoms with van der Waals surface area (Å²) >= 11 is 3.04. The molecule has 1 aromatic carbocycles. The molecular weight excluding hydrogens is 253 g/mol. The molecule has 3 nitrogen and oxygen atoms in total. The zero-order valence-electron chi connectivity index (χ0n) is 6.96. The number of hydrogen-bond acceptors (Lipinski definition) is 3. The van der Waals surface area contributed by atoms with Gasteiger partial charge in [0.15, 0.2) is 11.4 Å². The molecule has 72 valence electrons. The number of hydrogen-bond donors (Lipinski definition) is 0. The van der Waals surface area contributed by atoms with E-state index in [0.29, 0.717) is 11.1 Å². The van der Waals surface area contributed by atoms with Crippen molar-refractivity contribution in [3.63, 3.8) is 0 Å². The molecule has 0 bridgehead atoms. The minimum atomic E-state index is -0.921. The second-order valence-electron chi connectivity index (χ2n) is 2.68. The Kier molecular flexibility index (Phi) is 2.33. The van der Waals surface area contributed by atoms with Crippen LogP contribution in [-0.4, -0.2) is 16.1 Å². The molecule has 1 aromatic heterocycles. The van der Waals surface area contributed by atoms with Gasteiger partial charge in [0.2, 0.25) is 0 Å². The van der Waals surface area contributed by atoms with E-state index in [1.165, 1.54) is 0 Å². The number of fused-ring (bicyclic) bond motifs is 1. The molecular formula is C9H5BrFNO2. The van der Waals surface area contributed by atoms with Crippen LogP contribution >= 0.6 is 15.9 Å². The SMILES string of the molecule is O=C(CBr)c1cccc2nc(F)oc12. The number of halogens is 2. The number of rotatable bonds is 2. The third-order valence-corrected chi connectivity index (χ3v) is 2.32. The van der Waals surface area contributed by atoms with Gasteiger partial charge in [-0.3, -0.25) is 4.79 Å². The lowest BCUT2D eigenvalue weighted by Crippen LogP contribution is -1.99. The maximum atomic E-state index is 12.7. The van der Waals surface area contributed by atoms with E-state index in [-0.39, 0.29) is 16.7 Å². The smallest absolute Gasteiger partial charge is 0.382 e. The summed E-state index contributed by atoms with van der Waals surface area (Å²) in [4.78, 5) is 14.9. The highest BCUT2D eigenvalue weighted by Crippen LogP contribution is 2.20. The molecule has 0 atom stereocenters. The van der Waals surface area contributed by atoms with E-state index in [4.69, 9.17) is 4.42 Å². The zero-order valence-corrected chi connectivity index (χ0v) is 8.54. The van der Waals surface area contributed by atoms with Crippen LogP contribution in [0.15, 0.2) is 22.6 Å². The molecule has 2 aromatic rings. The monoisotopic (exact) mass is 257 g/mol. The summed E-state index contributed by atoms with van der Waals surface area (Å²) in [6.07, 6.45) is -0.921. The predicted molar refractivity (Wildman–Crippen MR) is 52.1 cm³/mol. The molecule has 14 heavy (non-hydrogen) atoms. The van der Waals surface area contributed by atoms with E-state index in [1.54, 1.807) is 18.2 Å². The fraction of sp³-hybridized carbons (Fsp3) is 0.111. The highest BCUT2D eigenvalue weighted by molar-refractivity contribution is 9.09. The van der Waals surface area contributed by atoms with E-state index in [0.717, 1.165) is 0 Å². The van der Waals surface area contributed by atoms with Crippen LogP contribution in [0.2, 0.25) is 0 Å². The quantitative estimate of drug-likeness (QED) is 0.614. The fourth-order valence-electron chi connectivity index (χ4n) is 1.21. The first-order valence-electron chi connectivity index (χ1n) is 3.86. The van der Waals surface area contributed by atoms with Crippen molar-refractivity contribution in [2.45, 2.75) is 0 Å². The van der Waals surface area contributed by atoms with E-state index < -0.39 is 6.14 Å². The molecule has 0 saturated heterocycles. The van der Waals surface area contributed by atoms with Crippen molar-refractivity contribution in [3.05, 3.63) is 29.9 Å². The highest BCUT2D eigenvalue weighted by Gasteiger charge is 2.13. The number of carbonyl (C=O) groups excluding carboxylic acids is 1. The van der Waals surface area contributed by atoms with Gasteiger partial charge in [-0.05, 0) is 12.1 Å². The number of carbonyl (C=O) groups is 1. The minimum absolute atomic E-state index is 0.160. The number of alkyl halides is 1. The summed E-state index contributed by atoms with van der Waals surface area (Å²) in [5, 5.41) is 0.175. The van der Waals surface area contributed by atoms with Gasteiger partial charge in [-0.2, -0.15) is 4.98 Å². The summed E-state index contributed by atoms with van der Waals surface area (Å²) in [6, 6.07) is 4.81. The topological polar surface area (TPSA) is 43.1 Å². The molecule has 0 amide bonds. The molecule has 0 aliphatic carbocycles. The van der Waals surface area contributed by atoms with E-state index in [1.807, 2.05) is 0 Å². The lowest BCUT2D eigenvalue weighted by molar-refractivity contribution is 0.102. The molecule has 0 aliphatic rings. The predicted octanol–water partition coefficient (Wildman–Crippen LogP) is 2.54. The Morgan fingerprint density at radius 3 is 3.07 bits per heavy atom. The number of benzene rings is 1. The average molecular weight is 258 g/mol. The number of oxazole rings is 1. The first-order valence-corrected chi connectivity index (χ1v) is 4.98. The standard InChI is InChI=1S/C9H5BrFNO2/c10-4-7(13)5-2-1-3-6-8(5)14-9(11)12-6/h1-3H,4H2. The summed E-state index contributed by atoms with van der Waals surface area (Å²) in [5.41, 5.74) is 0.902. The molecule has 0 radical (unpaired) electrons. The summed E-state index contributed by atoms with van der Waals surface area (Å²) in [6.45, 7) is 0. The van der Waals surface area contributed by atoms with Gasteiger partial charge < -0.3 is 4.42 Å². The van der Waals surface area contributed by atoms with E-state index in [9.17, 15) is 9.18 Å². The molecule has 0 saturated carbocycles. The Balaban J connectivity index is 2.70. The molecule has 0 unspecified atom stereocenters. The third-order valence-electron chi connectivity index (χ3n) is 1.81. The fourth-order valence-corrected chi connectivity index (χ4v) is 1.52. The van der Waals surface area contributed by atoms with Gasteiger partial charge in [0.1, 0.15) is 5.52 Å². The number of para-hydroxylation sites is 1. The first-order chi connectivity index (χ1) is 6.72. The van der Waals surface area contributed by atoms with Crippen LogP contribution in [0.3, 0.4) is 0 Å². The van der Waals surface area contributed by atoms with Gasteiger partial charge in [-0.15, -0.1) is 4.39 Å². The van der Waals surface area contributed by atoms with E-state index in [2.05, 4.69) is 20.9 Å². The van der Waals surface area contributed by atoms with Crippen molar-refractivity contribution in [1.29, 1.82) is 0 Å². The normalized spacial score (nSPS) is 10.7. The van der Waals surface area contributed by atoms with Crippen molar-refractivity contribution in [2.75, 3.05) is 5.33 Å². The second kappa shape index (κ2) is 3.49. The number of aromatic nitrogens is 1. The van der Waals surface area contributed by atoms with E-state index >= 15 is 0 Å². The van der Waals surface area contributed by atoms with Gasteiger partial charge >= 0.3 is 6.14 Å². The van der Waals surface area contributed by atoms with Gasteiger partial charge in [-0.25, -0.2) is 0 Å². The first kappa shape index (κ1) is 9.33. The Labute approximate surface area is 87.1 Å². The van der Waals surface area contributed by atoms with Crippen molar-refractivity contribution in [1.82, 2.24) is 4.98 Å². The number of Topliss-reactive ketones (excluding diaryl/α,β-unsaturated/α-hetero) is 1. The molecule has 0 aliphatic heterocycles. The zero-order chi connectivity index (χ0) is 10.1. The van der Waals surface area contributed by atoms with Crippen LogP contribution in [-0.2, 0) is 0 Å². The molecule has 5 heteroatoms. The molecule has 0 fully saturated rings. The molecule has 1 heterocycles. The lowest BCUT2D eigenvalue weighted by atomic mass is 10.1. The Bertz CT molecular complexity index is 495. The highest BCUT2D eigenvalue weighted by atomic mass is 79.9. The van der Waals surface area contributed by atoms with Crippen LogP contribution in [0.5, 0.6) is 0 Å². The third kappa shape index (κ3) is 1.43. The van der Waals surface area contributed by atoms with Crippen molar-refractivity contribution >= 4 is 32.8 Å². The van der Waals surface area contributed by atoms with Crippen LogP contribution in [0.4, 0.5) is 4.39 Å². The Hall–Kier alpha value is -1.23. The number of ketones is 1. The van der Waals surface area contributed by atoms with Crippen molar-refractivity contribution in [3.8, 4) is 0 Å². The summed E-state index contributed by atoms with van der Waals surface area (Å²) in [5.74, 6) is -0.160. The average Bonchev–Trinajstić information content (AvgIpc) is 2.56. The number of nitrogens with zero attached hydrogens (tertiary/aromatic N) is 1. The molecule has 0 N–H and O–H groups in total. The maximum absolute atomic E-state index is 12.7. The van der Waals surface area contributed by atoms with Gasteiger partial charge in [0.05, 0.1) is 10.9 Å². The summed E-state index contributed by atoms with van der Waals surface area (Å²) in [7, 11) is 0. The largest absolute Gasteiger partial charge is 0.414 e. The van der Waals surface area contributed by atoms with Crippen LogP contribution < -0.4 is 0 Å². The van der Waals surface area contributed by atoms with Crippen LogP contribution in [0, 0.1) is 6.14 Å². The van der Waals surface area contributed by atoms with Gasteiger partial charge in [-0.1, -0.05) is 22.0 Å². The van der Waals surface area contributed by atoms with Crippen LogP contribution in [0.1, 0.15) is 10.4 Å². The van der Waals surface area contributed by atoms with Crippen LogP contribution in [0.25, 0.3) is 11.1 Å². The van der Waals surface area contributed by atoms with Crippen molar-refractivity contribution in [2.24, 2.45) is 0 Å². The van der Waals surface area contributed by atoms with Crippen molar-refractivity contribution < 1.29 is 13.6 Å². The van der Waals surface area contributed by atoms with Gasteiger partial charge in [0.25, 0.3) is 0 Å².